The highest BCUT2D eigenvalue weighted by atomic mass is 32.2. The molecule has 1 fully saturated rings. The summed E-state index contributed by atoms with van der Waals surface area (Å²) < 4.78 is 0.933. The highest BCUT2D eigenvalue weighted by Crippen LogP contribution is 2.18. The monoisotopic (exact) mass is 291 g/mol. The molecule has 0 radical (unpaired) electrons. The minimum atomic E-state index is 0.564. The van der Waals surface area contributed by atoms with Crippen LogP contribution in [0.25, 0.3) is 0 Å². The van der Waals surface area contributed by atoms with Gasteiger partial charge >= 0.3 is 0 Å². The third kappa shape index (κ3) is 4.12. The second kappa shape index (κ2) is 7.37. The van der Waals surface area contributed by atoms with E-state index < -0.39 is 0 Å². The molecule has 3 nitrogen and oxygen atoms in total. The van der Waals surface area contributed by atoms with Gasteiger partial charge in [0, 0.05) is 44.0 Å². The number of nitriles is 1. The minimum Gasteiger partial charge on any atom is -0.368 e. The fourth-order valence-electron chi connectivity index (χ4n) is 2.06. The van der Waals surface area contributed by atoms with Crippen molar-refractivity contribution in [3.63, 3.8) is 0 Å². The maximum Gasteiger partial charge on any atom is 0.136 e. The normalized spacial score (nSPS) is 15.1. The van der Waals surface area contributed by atoms with E-state index in [-0.39, 0.29) is 0 Å². The standard InChI is InChI=1S/C14H17N3S2/c15-7-4-12-19-14(18)17-10-8-16(9-11-17)13-5-2-1-3-6-13/h1-3,5-6H,4,8-12H2. The van der Waals surface area contributed by atoms with Gasteiger partial charge in [-0.15, -0.1) is 0 Å². The SMILES string of the molecule is N#CCCSC(=S)N1CCN(c2ccccc2)CC1. The molecule has 1 aliphatic heterocycles. The number of anilines is 1. The summed E-state index contributed by atoms with van der Waals surface area (Å²) in [6, 6.07) is 12.6. The van der Waals surface area contributed by atoms with Crippen molar-refractivity contribution in [1.29, 1.82) is 5.26 Å². The number of rotatable bonds is 3. The molecule has 0 N–H and O–H groups in total. The van der Waals surface area contributed by atoms with Crippen molar-refractivity contribution in [3.05, 3.63) is 30.3 Å². The second-order valence-electron chi connectivity index (χ2n) is 4.33. The molecule has 1 saturated heterocycles. The van der Waals surface area contributed by atoms with Crippen molar-refractivity contribution < 1.29 is 0 Å². The Balaban J connectivity index is 1.79. The number of nitrogens with zero attached hydrogens (tertiary/aromatic N) is 3. The van der Waals surface area contributed by atoms with Gasteiger partial charge in [0.15, 0.2) is 0 Å². The largest absolute Gasteiger partial charge is 0.368 e. The van der Waals surface area contributed by atoms with Gasteiger partial charge < -0.3 is 9.80 Å². The van der Waals surface area contributed by atoms with Gasteiger partial charge in [0.1, 0.15) is 4.32 Å². The van der Waals surface area contributed by atoms with Crippen LogP contribution in [0, 0.1) is 11.3 Å². The third-order valence-corrected chi connectivity index (χ3v) is 4.62. The van der Waals surface area contributed by atoms with Gasteiger partial charge in [-0.1, -0.05) is 42.2 Å². The Hall–Kier alpha value is -1.25. The predicted molar refractivity (Wildman–Crippen MR) is 85.5 cm³/mol. The quantitative estimate of drug-likeness (QED) is 0.631. The molecule has 0 aliphatic carbocycles. The molecule has 1 aliphatic rings. The molecule has 0 saturated carbocycles. The number of hydrogen-bond donors (Lipinski definition) is 0. The number of benzene rings is 1. The molecule has 0 aromatic heterocycles. The number of thioether (sulfide) groups is 1. The lowest BCUT2D eigenvalue weighted by Gasteiger charge is -2.37. The number of para-hydroxylation sites is 1. The van der Waals surface area contributed by atoms with Crippen LogP contribution in [-0.2, 0) is 0 Å². The van der Waals surface area contributed by atoms with Crippen molar-refractivity contribution in [2.75, 3.05) is 36.8 Å². The fraction of sp³-hybridized carbons (Fsp3) is 0.429. The van der Waals surface area contributed by atoms with Crippen LogP contribution >= 0.6 is 24.0 Å². The first-order valence-corrected chi connectivity index (χ1v) is 7.79. The Morgan fingerprint density at radius 1 is 1.21 bits per heavy atom. The van der Waals surface area contributed by atoms with Gasteiger partial charge in [-0.25, -0.2) is 0 Å². The van der Waals surface area contributed by atoms with E-state index in [1.54, 1.807) is 11.8 Å². The molecule has 2 rings (SSSR count). The lowest BCUT2D eigenvalue weighted by molar-refractivity contribution is 0.397. The summed E-state index contributed by atoms with van der Waals surface area (Å²) >= 11 is 7.02. The topological polar surface area (TPSA) is 30.3 Å². The fourth-order valence-corrected chi connectivity index (χ4v) is 3.23. The summed E-state index contributed by atoms with van der Waals surface area (Å²) in [7, 11) is 0. The molecule has 1 aromatic rings. The van der Waals surface area contributed by atoms with Crippen LogP contribution in [-0.4, -0.2) is 41.2 Å². The Morgan fingerprint density at radius 3 is 2.53 bits per heavy atom. The zero-order valence-corrected chi connectivity index (χ0v) is 12.4. The van der Waals surface area contributed by atoms with Gasteiger partial charge in [0.05, 0.1) is 6.07 Å². The highest BCUT2D eigenvalue weighted by Gasteiger charge is 2.18. The Labute approximate surface area is 124 Å². The Morgan fingerprint density at radius 2 is 1.89 bits per heavy atom. The van der Waals surface area contributed by atoms with Crippen molar-refractivity contribution in [3.8, 4) is 6.07 Å². The molecule has 0 spiro atoms. The van der Waals surface area contributed by atoms with E-state index in [9.17, 15) is 0 Å². The molecule has 0 amide bonds. The second-order valence-corrected chi connectivity index (χ2v) is 6.06. The van der Waals surface area contributed by atoms with E-state index in [2.05, 4.69) is 40.1 Å². The average Bonchev–Trinajstić information content (AvgIpc) is 2.48. The molecule has 0 atom stereocenters. The molecule has 0 bridgehead atoms. The molecule has 100 valence electrons. The maximum absolute atomic E-state index is 8.52. The summed E-state index contributed by atoms with van der Waals surface area (Å²) in [4.78, 5) is 4.63. The third-order valence-electron chi connectivity index (χ3n) is 3.10. The number of thiocarbonyl (C=S) groups is 1. The summed E-state index contributed by atoms with van der Waals surface area (Å²) in [5.41, 5.74) is 1.28. The van der Waals surface area contributed by atoms with Crippen LogP contribution in [0.5, 0.6) is 0 Å². The first kappa shape index (κ1) is 14.2. The summed E-state index contributed by atoms with van der Waals surface area (Å²) in [5, 5.41) is 8.52. The predicted octanol–water partition coefficient (Wildman–Crippen LogP) is 2.74. The first-order valence-electron chi connectivity index (χ1n) is 6.40. The van der Waals surface area contributed by atoms with Crippen molar-refractivity contribution >= 4 is 34.0 Å². The van der Waals surface area contributed by atoms with E-state index in [1.807, 2.05) is 6.07 Å². The molecule has 0 unspecified atom stereocenters. The van der Waals surface area contributed by atoms with Gasteiger partial charge in [0.2, 0.25) is 0 Å². The molecule has 5 heteroatoms. The summed E-state index contributed by atoms with van der Waals surface area (Å²) in [6.07, 6.45) is 0.564. The van der Waals surface area contributed by atoms with Crippen LogP contribution in [0.3, 0.4) is 0 Å². The summed E-state index contributed by atoms with van der Waals surface area (Å²) in [6.45, 7) is 3.94. The van der Waals surface area contributed by atoms with Crippen LogP contribution in [0.1, 0.15) is 6.42 Å². The Bertz CT molecular complexity index is 448. The molecule has 1 heterocycles. The van der Waals surface area contributed by atoms with Gasteiger partial charge in [0.25, 0.3) is 0 Å². The van der Waals surface area contributed by atoms with Gasteiger partial charge in [-0.2, -0.15) is 5.26 Å². The Kier molecular flexibility index (Phi) is 5.49. The van der Waals surface area contributed by atoms with E-state index >= 15 is 0 Å². The van der Waals surface area contributed by atoms with Gasteiger partial charge in [-0.3, -0.25) is 0 Å². The number of piperazine rings is 1. The highest BCUT2D eigenvalue weighted by molar-refractivity contribution is 8.22. The molecule has 19 heavy (non-hydrogen) atoms. The average molecular weight is 291 g/mol. The smallest absolute Gasteiger partial charge is 0.136 e. The summed E-state index contributed by atoms with van der Waals surface area (Å²) in [5.74, 6) is 0.800. The maximum atomic E-state index is 8.52. The lowest BCUT2D eigenvalue weighted by Crippen LogP contribution is -2.47. The van der Waals surface area contributed by atoms with Crippen molar-refractivity contribution in [2.45, 2.75) is 6.42 Å². The van der Waals surface area contributed by atoms with E-state index in [0.29, 0.717) is 6.42 Å². The van der Waals surface area contributed by atoms with E-state index in [4.69, 9.17) is 17.5 Å². The van der Waals surface area contributed by atoms with Crippen molar-refractivity contribution in [1.82, 2.24) is 4.90 Å². The molecular formula is C14H17N3S2. The number of hydrogen-bond acceptors (Lipinski definition) is 4. The molecule has 1 aromatic carbocycles. The van der Waals surface area contributed by atoms with Crippen LogP contribution < -0.4 is 4.90 Å². The first-order chi connectivity index (χ1) is 9.31. The molecular weight excluding hydrogens is 274 g/mol. The van der Waals surface area contributed by atoms with Crippen molar-refractivity contribution in [2.24, 2.45) is 0 Å². The zero-order chi connectivity index (χ0) is 13.5. The minimum absolute atomic E-state index is 0.564. The lowest BCUT2D eigenvalue weighted by atomic mass is 10.2. The van der Waals surface area contributed by atoms with Gasteiger partial charge in [-0.05, 0) is 12.1 Å². The van der Waals surface area contributed by atoms with E-state index in [0.717, 1.165) is 36.3 Å². The van der Waals surface area contributed by atoms with Crippen LogP contribution in [0.2, 0.25) is 0 Å². The van der Waals surface area contributed by atoms with E-state index in [1.165, 1.54) is 5.69 Å². The van der Waals surface area contributed by atoms with Crippen LogP contribution in [0.4, 0.5) is 5.69 Å². The zero-order valence-electron chi connectivity index (χ0n) is 10.8. The van der Waals surface area contributed by atoms with Crippen LogP contribution in [0.15, 0.2) is 30.3 Å².